The molecule has 0 saturated carbocycles. The molecule has 0 unspecified atom stereocenters. The first-order valence-electron chi connectivity index (χ1n) is 23.9. The quantitative estimate of drug-likeness (QED) is 0.0196. The largest absolute Gasteiger partial charge is 0.508 e. The number of phenolic OH excluding ortho intramolecular Hbond substituents is 1. The number of primary amides is 1. The lowest BCUT2D eigenvalue weighted by molar-refractivity contribution is -0.142. The number of aromatic hydroxyl groups is 1. The van der Waals surface area contributed by atoms with Crippen LogP contribution in [0.1, 0.15) is 77.3 Å². The summed E-state index contributed by atoms with van der Waals surface area (Å²) in [4.78, 5) is 127. The van der Waals surface area contributed by atoms with Crippen molar-refractivity contribution < 1.29 is 48.3 Å². The van der Waals surface area contributed by atoms with E-state index in [0.29, 0.717) is 17.5 Å². The normalized spacial score (nSPS) is 15.7. The van der Waals surface area contributed by atoms with Crippen LogP contribution in [0.3, 0.4) is 0 Å². The van der Waals surface area contributed by atoms with Crippen LogP contribution in [0.15, 0.2) is 59.6 Å². The van der Waals surface area contributed by atoms with Gasteiger partial charge < -0.3 is 64.4 Å². The SMILES string of the molecule is CC(C)C[C@H](NC(=O)[C@H](Cc1ccccc1)NC(=O)[C@H](Cc1ccc(O)cc1)NC(=O)CCS)C(=O)N[C@H](C(=O)N[C@@H](CS)C(=O)N1CCC[C@H]1C(=O)N[C@H](CCCN=C(N)N)C(=O)NCC(N)=O)C(C)C. The van der Waals surface area contributed by atoms with Crippen molar-refractivity contribution in [3.8, 4) is 5.75 Å². The summed E-state index contributed by atoms with van der Waals surface area (Å²) in [6.45, 7) is 6.88. The molecule has 0 aromatic heterocycles. The van der Waals surface area contributed by atoms with Crippen LogP contribution in [0.5, 0.6) is 5.75 Å². The highest BCUT2D eigenvalue weighted by Crippen LogP contribution is 2.20. The van der Waals surface area contributed by atoms with Gasteiger partial charge in [0.15, 0.2) is 5.96 Å². The number of nitrogens with zero attached hydrogens (tertiary/aromatic N) is 2. The molecule has 14 N–H and O–H groups in total. The van der Waals surface area contributed by atoms with E-state index >= 15 is 0 Å². The molecule has 0 spiro atoms. The zero-order valence-corrected chi connectivity index (χ0v) is 43.0. The monoisotopic (exact) mass is 1040 g/mol. The molecule has 72 heavy (non-hydrogen) atoms. The number of phenols is 1. The first kappa shape index (κ1) is 59.7. The maximum Gasteiger partial charge on any atom is 0.246 e. The van der Waals surface area contributed by atoms with Crippen molar-refractivity contribution in [3.63, 3.8) is 0 Å². The van der Waals surface area contributed by atoms with Gasteiger partial charge in [0.25, 0.3) is 0 Å². The van der Waals surface area contributed by atoms with Gasteiger partial charge in [-0.15, -0.1) is 0 Å². The second kappa shape index (κ2) is 30.4. The van der Waals surface area contributed by atoms with Crippen molar-refractivity contribution in [1.29, 1.82) is 0 Å². The summed E-state index contributed by atoms with van der Waals surface area (Å²) in [7, 11) is 0. The number of rotatable bonds is 29. The van der Waals surface area contributed by atoms with Crippen LogP contribution in [-0.2, 0) is 56.0 Å². The van der Waals surface area contributed by atoms with Crippen molar-refractivity contribution >= 4 is 84.4 Å². The van der Waals surface area contributed by atoms with E-state index in [1.807, 2.05) is 13.8 Å². The highest BCUT2D eigenvalue weighted by molar-refractivity contribution is 7.80. The van der Waals surface area contributed by atoms with Gasteiger partial charge in [-0.25, -0.2) is 0 Å². The molecule has 2 aromatic rings. The minimum Gasteiger partial charge on any atom is -0.508 e. The first-order chi connectivity index (χ1) is 34.1. The van der Waals surface area contributed by atoms with E-state index in [2.05, 4.69) is 67.5 Å². The Morgan fingerprint density at radius 1 is 0.708 bits per heavy atom. The number of amides is 9. The number of hydrogen-bond donors (Lipinski definition) is 13. The zero-order chi connectivity index (χ0) is 53.5. The van der Waals surface area contributed by atoms with Gasteiger partial charge in [0, 0.05) is 38.1 Å². The smallest absolute Gasteiger partial charge is 0.246 e. The second-order valence-corrected chi connectivity index (χ2v) is 19.1. The van der Waals surface area contributed by atoms with Gasteiger partial charge in [0.2, 0.25) is 53.2 Å². The lowest BCUT2D eigenvalue weighted by Gasteiger charge is -2.31. The number of nitrogens with two attached hydrogens (primary N) is 3. The van der Waals surface area contributed by atoms with Gasteiger partial charge in [-0.3, -0.25) is 48.1 Å². The highest BCUT2D eigenvalue weighted by atomic mass is 32.1. The van der Waals surface area contributed by atoms with Crippen LogP contribution >= 0.6 is 25.3 Å². The topological polar surface area (TPSA) is 352 Å². The van der Waals surface area contributed by atoms with Crippen molar-refractivity contribution in [2.24, 2.45) is 34.0 Å². The fourth-order valence-electron chi connectivity index (χ4n) is 7.83. The summed E-state index contributed by atoms with van der Waals surface area (Å²) in [5.74, 6) is -6.81. The predicted octanol–water partition coefficient (Wildman–Crippen LogP) is -1.32. The molecule has 0 aliphatic carbocycles. The number of aliphatic imine (C=N–C) groups is 1. The van der Waals surface area contributed by atoms with Crippen molar-refractivity contribution in [2.45, 2.75) is 121 Å². The highest BCUT2D eigenvalue weighted by Gasteiger charge is 2.40. The Balaban J connectivity index is 1.81. The summed E-state index contributed by atoms with van der Waals surface area (Å²) in [6, 6.07) is 6.78. The number of thiol groups is 2. The molecule has 1 saturated heterocycles. The molecule has 1 aliphatic rings. The number of carbonyl (C=O) groups is 9. The lowest BCUT2D eigenvalue weighted by Crippen LogP contribution is -2.61. The fraction of sp³-hybridized carbons (Fsp3) is 0.542. The second-order valence-electron chi connectivity index (χ2n) is 18.3. The molecule has 1 fully saturated rings. The van der Waals surface area contributed by atoms with Gasteiger partial charge in [-0.1, -0.05) is 70.2 Å². The molecule has 0 radical (unpaired) electrons. The molecular weight excluding hydrogens is 969 g/mol. The van der Waals surface area contributed by atoms with E-state index in [1.165, 1.54) is 17.0 Å². The summed E-state index contributed by atoms with van der Waals surface area (Å²) >= 11 is 8.48. The van der Waals surface area contributed by atoms with Crippen LogP contribution in [0, 0.1) is 11.8 Å². The van der Waals surface area contributed by atoms with Gasteiger partial charge in [0.05, 0.1) is 6.54 Å². The Kier molecular flexibility index (Phi) is 25.2. The summed E-state index contributed by atoms with van der Waals surface area (Å²) in [5.41, 5.74) is 17.3. The van der Waals surface area contributed by atoms with Gasteiger partial charge in [0.1, 0.15) is 48.0 Å². The first-order valence-corrected chi connectivity index (χ1v) is 25.2. The van der Waals surface area contributed by atoms with Gasteiger partial charge >= 0.3 is 0 Å². The molecule has 2 aromatic carbocycles. The maximum absolute atomic E-state index is 14.3. The van der Waals surface area contributed by atoms with E-state index in [0.717, 1.165) is 0 Å². The third kappa shape index (κ3) is 20.3. The summed E-state index contributed by atoms with van der Waals surface area (Å²) in [5, 5.41) is 28.6. The van der Waals surface area contributed by atoms with Crippen molar-refractivity contribution in [1.82, 2.24) is 42.1 Å². The Bertz CT molecular complexity index is 2200. The summed E-state index contributed by atoms with van der Waals surface area (Å²) < 4.78 is 0. The average Bonchev–Trinajstić information content (AvgIpc) is 3.83. The molecule has 1 aliphatic heterocycles. The van der Waals surface area contributed by atoms with Gasteiger partial charge in [-0.2, -0.15) is 25.3 Å². The number of nitrogens with one attached hydrogen (secondary N) is 7. The Morgan fingerprint density at radius 3 is 1.86 bits per heavy atom. The van der Waals surface area contributed by atoms with E-state index < -0.39 is 108 Å². The molecule has 3 rings (SSSR count). The molecule has 22 nitrogen and oxygen atoms in total. The van der Waals surface area contributed by atoms with Crippen molar-refractivity contribution in [3.05, 3.63) is 65.7 Å². The third-order valence-corrected chi connectivity index (χ3v) is 12.1. The molecule has 9 amide bonds. The number of benzene rings is 2. The Labute approximate surface area is 431 Å². The van der Waals surface area contributed by atoms with Crippen LogP contribution < -0.4 is 54.4 Å². The maximum atomic E-state index is 14.3. The lowest BCUT2D eigenvalue weighted by atomic mass is 9.98. The molecule has 396 valence electrons. The Morgan fingerprint density at radius 2 is 1.29 bits per heavy atom. The minimum atomic E-state index is -1.25. The minimum absolute atomic E-state index is 0.00815. The van der Waals surface area contributed by atoms with Crippen molar-refractivity contribution in [2.75, 3.05) is 31.1 Å². The molecular formula is C48H72N12O10S2. The van der Waals surface area contributed by atoms with E-state index in [1.54, 1.807) is 56.3 Å². The number of guanidine groups is 1. The molecule has 24 heteroatoms. The summed E-state index contributed by atoms with van der Waals surface area (Å²) in [6.07, 6.45) is 1.22. The van der Waals surface area contributed by atoms with Crippen LogP contribution in [0.4, 0.5) is 0 Å². The van der Waals surface area contributed by atoms with Crippen LogP contribution in [0.2, 0.25) is 0 Å². The zero-order valence-electron chi connectivity index (χ0n) is 41.2. The van der Waals surface area contributed by atoms with E-state index in [-0.39, 0.29) is 87.2 Å². The third-order valence-electron chi connectivity index (χ3n) is 11.5. The molecule has 0 bridgehead atoms. The number of likely N-dealkylation sites (tertiary alicyclic amines) is 1. The number of hydrogen-bond acceptors (Lipinski definition) is 13. The molecule has 7 atom stereocenters. The fourth-order valence-corrected chi connectivity index (χ4v) is 8.28. The van der Waals surface area contributed by atoms with Gasteiger partial charge in [-0.05, 0) is 73.0 Å². The average molecular weight is 1040 g/mol. The molecule has 1 heterocycles. The van der Waals surface area contributed by atoms with E-state index in [4.69, 9.17) is 17.2 Å². The Hall–Kier alpha value is -6.56. The van der Waals surface area contributed by atoms with Crippen LogP contribution in [0.25, 0.3) is 0 Å². The standard InChI is InChI=1S/C48H72N12O10S2/c1-27(2)22-33(56-43(66)35(23-29-10-6-5-7-11-29)57-42(65)34(54-39(63)18-21-71)24-30-14-16-31(61)17-15-30)44(67)59-40(28(3)4)46(69)58-36(26-72)47(70)60-20-9-13-37(60)45(68)55-32(12-8-19-52-48(50)51)41(64)53-25-38(49)62/h5-7,10-11,14-17,27-28,32-37,40,61,71-72H,8-9,12-13,18-26H2,1-4H3,(H2,49,62)(H,53,64)(H,54,63)(H,55,68)(H,56,66)(H,57,65)(H,58,69)(H,59,67)(H4,50,51,52)/t32-,33+,34+,35+,36+,37+,40+/m1/s1. The van der Waals surface area contributed by atoms with E-state index in [9.17, 15) is 48.3 Å². The predicted molar refractivity (Wildman–Crippen MR) is 277 cm³/mol. The van der Waals surface area contributed by atoms with Crippen LogP contribution in [-0.4, -0.2) is 143 Å². The number of carbonyl (C=O) groups excluding carboxylic acids is 9.